The van der Waals surface area contributed by atoms with Crippen LogP contribution in [0, 0.1) is 13.0 Å². The summed E-state index contributed by atoms with van der Waals surface area (Å²) in [7, 11) is 0. The van der Waals surface area contributed by atoms with Crippen molar-refractivity contribution in [1.29, 1.82) is 0 Å². The smallest absolute Gasteiger partial charge is 0.193 e. The van der Waals surface area contributed by atoms with Crippen LogP contribution in [0.25, 0.3) is 0 Å². The Balaban J connectivity index is 2.42. The molecule has 0 aliphatic carbocycles. The third kappa shape index (κ3) is 1.96. The van der Waals surface area contributed by atoms with E-state index in [2.05, 4.69) is 6.07 Å². The highest BCUT2D eigenvalue weighted by atomic mass is 16.1. The van der Waals surface area contributed by atoms with E-state index in [-0.39, 0.29) is 5.78 Å². The molecular weight excluding hydrogens is 184 g/mol. The average Bonchev–Trinajstić information content (AvgIpc) is 2.30. The van der Waals surface area contributed by atoms with Crippen LogP contribution in [-0.4, -0.2) is 5.78 Å². The van der Waals surface area contributed by atoms with Gasteiger partial charge in [-0.25, -0.2) is 0 Å². The molecule has 15 heavy (non-hydrogen) atoms. The van der Waals surface area contributed by atoms with E-state index in [1.165, 1.54) is 0 Å². The Morgan fingerprint density at radius 1 is 1.07 bits per heavy atom. The summed E-state index contributed by atoms with van der Waals surface area (Å²) in [6, 6.07) is 17.8. The van der Waals surface area contributed by atoms with Crippen molar-refractivity contribution < 1.29 is 4.79 Å². The van der Waals surface area contributed by atoms with Crippen molar-refractivity contribution >= 4 is 5.78 Å². The molecule has 0 bridgehead atoms. The molecule has 73 valence electrons. The van der Waals surface area contributed by atoms with Gasteiger partial charge in [0.25, 0.3) is 0 Å². The Hall–Kier alpha value is -1.89. The van der Waals surface area contributed by atoms with Crippen molar-refractivity contribution in [2.45, 2.75) is 6.92 Å². The number of carbonyl (C=O) groups is 1. The lowest BCUT2D eigenvalue weighted by Gasteiger charge is -2.03. The second-order valence-electron chi connectivity index (χ2n) is 3.42. The number of rotatable bonds is 2. The molecule has 0 aliphatic heterocycles. The fraction of sp³-hybridized carbons (Fsp3) is 0.0714. The van der Waals surface area contributed by atoms with Crippen molar-refractivity contribution in [2.75, 3.05) is 0 Å². The van der Waals surface area contributed by atoms with E-state index in [0.717, 1.165) is 5.56 Å². The van der Waals surface area contributed by atoms with E-state index in [1.807, 2.05) is 49.4 Å². The highest BCUT2D eigenvalue weighted by molar-refractivity contribution is 6.09. The topological polar surface area (TPSA) is 17.1 Å². The largest absolute Gasteiger partial charge is 0.289 e. The fourth-order valence-electron chi connectivity index (χ4n) is 1.50. The molecule has 1 heteroatoms. The molecule has 0 atom stereocenters. The van der Waals surface area contributed by atoms with Gasteiger partial charge in [-0.05, 0) is 18.6 Å². The normalized spacial score (nSPS) is 9.93. The minimum atomic E-state index is 0.0358. The molecule has 1 nitrogen and oxygen atoms in total. The Morgan fingerprint density at radius 2 is 1.80 bits per heavy atom. The highest BCUT2D eigenvalue weighted by Crippen LogP contribution is 2.12. The molecule has 0 saturated carbocycles. The van der Waals surface area contributed by atoms with Gasteiger partial charge in [0.05, 0.1) is 0 Å². The van der Waals surface area contributed by atoms with Crippen LogP contribution < -0.4 is 0 Å². The molecular formula is C14H11O. The van der Waals surface area contributed by atoms with Crippen molar-refractivity contribution in [3.05, 3.63) is 71.3 Å². The zero-order valence-corrected chi connectivity index (χ0v) is 8.53. The molecule has 0 fully saturated rings. The average molecular weight is 195 g/mol. The Labute approximate surface area is 89.4 Å². The van der Waals surface area contributed by atoms with Gasteiger partial charge in [-0.3, -0.25) is 4.79 Å². The molecule has 0 N–H and O–H groups in total. The van der Waals surface area contributed by atoms with Gasteiger partial charge in [0, 0.05) is 11.1 Å². The molecule has 1 radical (unpaired) electrons. The Bertz CT molecular complexity index is 472. The number of carbonyl (C=O) groups excluding carboxylic acids is 1. The first kappa shape index (κ1) is 9.66. The molecule has 0 aromatic heterocycles. The maximum Gasteiger partial charge on any atom is 0.193 e. The summed E-state index contributed by atoms with van der Waals surface area (Å²) in [5.41, 5.74) is 2.33. The van der Waals surface area contributed by atoms with E-state index >= 15 is 0 Å². The maximum atomic E-state index is 12.0. The van der Waals surface area contributed by atoms with Crippen molar-refractivity contribution in [3.8, 4) is 0 Å². The van der Waals surface area contributed by atoms with Crippen LogP contribution in [0.4, 0.5) is 0 Å². The second kappa shape index (κ2) is 4.09. The predicted molar refractivity (Wildman–Crippen MR) is 59.9 cm³/mol. The van der Waals surface area contributed by atoms with E-state index in [1.54, 1.807) is 6.07 Å². The third-order valence-corrected chi connectivity index (χ3v) is 2.33. The summed E-state index contributed by atoms with van der Waals surface area (Å²) in [5, 5.41) is 0. The van der Waals surface area contributed by atoms with Crippen LogP contribution >= 0.6 is 0 Å². The zero-order valence-electron chi connectivity index (χ0n) is 8.53. The fourth-order valence-corrected chi connectivity index (χ4v) is 1.50. The molecule has 0 aliphatic rings. The van der Waals surface area contributed by atoms with Gasteiger partial charge in [-0.15, -0.1) is 0 Å². The van der Waals surface area contributed by atoms with E-state index < -0.39 is 0 Å². The summed E-state index contributed by atoms with van der Waals surface area (Å²) < 4.78 is 0. The quantitative estimate of drug-likeness (QED) is 0.673. The summed E-state index contributed by atoms with van der Waals surface area (Å²) >= 11 is 0. The molecule has 0 spiro atoms. The summed E-state index contributed by atoms with van der Waals surface area (Å²) in [4.78, 5) is 12.0. The van der Waals surface area contributed by atoms with Crippen LogP contribution in [0.1, 0.15) is 21.5 Å². The Kier molecular flexibility index (Phi) is 2.64. The first-order chi connectivity index (χ1) is 7.29. The van der Waals surface area contributed by atoms with Gasteiger partial charge in [0.2, 0.25) is 0 Å². The molecule has 2 aromatic rings. The number of benzene rings is 2. The lowest BCUT2D eigenvalue weighted by atomic mass is 9.99. The molecule has 2 aromatic carbocycles. The molecule has 0 amide bonds. The van der Waals surface area contributed by atoms with Crippen molar-refractivity contribution in [2.24, 2.45) is 0 Å². The number of aryl methyl sites for hydroxylation is 1. The van der Waals surface area contributed by atoms with Gasteiger partial charge in [0.15, 0.2) is 5.78 Å². The van der Waals surface area contributed by atoms with Gasteiger partial charge in [-0.2, -0.15) is 0 Å². The predicted octanol–water partition coefficient (Wildman–Crippen LogP) is 3.03. The van der Waals surface area contributed by atoms with Gasteiger partial charge in [-0.1, -0.05) is 48.5 Å². The van der Waals surface area contributed by atoms with Crippen LogP contribution in [-0.2, 0) is 0 Å². The summed E-state index contributed by atoms with van der Waals surface area (Å²) in [6.45, 7) is 1.92. The first-order valence-corrected chi connectivity index (χ1v) is 4.86. The zero-order chi connectivity index (χ0) is 10.7. The molecule has 0 heterocycles. The highest BCUT2D eigenvalue weighted by Gasteiger charge is 2.10. The van der Waals surface area contributed by atoms with Gasteiger partial charge >= 0.3 is 0 Å². The second-order valence-corrected chi connectivity index (χ2v) is 3.42. The SMILES string of the molecule is Cc1ccc[c]c1C(=O)c1ccccc1. The first-order valence-electron chi connectivity index (χ1n) is 4.86. The van der Waals surface area contributed by atoms with E-state index in [9.17, 15) is 4.79 Å². The summed E-state index contributed by atoms with van der Waals surface area (Å²) in [6.07, 6.45) is 0. The van der Waals surface area contributed by atoms with Crippen molar-refractivity contribution in [1.82, 2.24) is 0 Å². The van der Waals surface area contributed by atoms with Crippen LogP contribution in [0.3, 0.4) is 0 Å². The standard InChI is InChI=1S/C14H11O/c1-11-7-5-6-10-13(11)14(15)12-8-3-2-4-9-12/h2-9H,1H3. The van der Waals surface area contributed by atoms with Gasteiger partial charge in [0.1, 0.15) is 0 Å². The monoisotopic (exact) mass is 195 g/mol. The van der Waals surface area contributed by atoms with E-state index in [4.69, 9.17) is 0 Å². The number of hydrogen-bond donors (Lipinski definition) is 0. The molecule has 2 rings (SSSR count). The van der Waals surface area contributed by atoms with Crippen molar-refractivity contribution in [3.63, 3.8) is 0 Å². The van der Waals surface area contributed by atoms with E-state index in [0.29, 0.717) is 11.1 Å². The minimum Gasteiger partial charge on any atom is -0.289 e. The lowest BCUT2D eigenvalue weighted by Crippen LogP contribution is -2.03. The summed E-state index contributed by atoms with van der Waals surface area (Å²) in [5.74, 6) is 0.0358. The maximum absolute atomic E-state index is 12.0. The molecule has 0 saturated heterocycles. The lowest BCUT2D eigenvalue weighted by molar-refractivity contribution is 0.103. The minimum absolute atomic E-state index is 0.0358. The Morgan fingerprint density at radius 3 is 2.47 bits per heavy atom. The van der Waals surface area contributed by atoms with Crippen LogP contribution in [0.2, 0.25) is 0 Å². The van der Waals surface area contributed by atoms with Crippen LogP contribution in [0.15, 0.2) is 48.5 Å². The van der Waals surface area contributed by atoms with Crippen LogP contribution in [0.5, 0.6) is 0 Å². The number of ketones is 1. The molecule has 0 unspecified atom stereocenters. The van der Waals surface area contributed by atoms with Gasteiger partial charge < -0.3 is 0 Å². The number of hydrogen-bond acceptors (Lipinski definition) is 1. The third-order valence-electron chi connectivity index (χ3n) is 2.33.